The molecule has 2 aliphatic heterocycles. The molecule has 0 saturated carbocycles. The molecular formula is C30H23FN2O4. The van der Waals surface area contributed by atoms with Gasteiger partial charge in [0.2, 0.25) is 5.76 Å². The zero-order valence-electron chi connectivity index (χ0n) is 20.4. The molecule has 0 saturated heterocycles. The number of halogens is 1. The number of para-hydroxylation sites is 1. The van der Waals surface area contributed by atoms with E-state index in [9.17, 15) is 18.8 Å². The van der Waals surface area contributed by atoms with Crippen LogP contribution >= 0.6 is 0 Å². The molecule has 3 heterocycles. The number of carbonyl (C=O) groups excluding carboxylic acids is 2. The Morgan fingerprint density at radius 1 is 1.00 bits per heavy atom. The summed E-state index contributed by atoms with van der Waals surface area (Å²) in [7, 11) is 0. The Balaban J connectivity index is 1.71. The van der Waals surface area contributed by atoms with Crippen molar-refractivity contribution in [1.82, 2.24) is 4.90 Å². The number of hydrogen-bond donors (Lipinski definition) is 0. The molecule has 0 bridgehead atoms. The number of aryl methyl sites for hydroxylation is 2. The number of rotatable bonds is 4. The highest BCUT2D eigenvalue weighted by atomic mass is 19.1. The molecule has 4 aromatic rings. The number of fused-ring (bicyclic) bond motifs is 5. The van der Waals surface area contributed by atoms with Gasteiger partial charge >= 0.3 is 0 Å². The SMILES string of the molecule is C=CCN1C(=O)C2(c3ccccc31)c1c(oc3cc(C)c(C)cc3c1=O)C(=O)N2Cc1ccc(F)cc1. The highest BCUT2D eigenvalue weighted by Gasteiger charge is 2.64. The van der Waals surface area contributed by atoms with E-state index in [1.165, 1.54) is 21.9 Å². The van der Waals surface area contributed by atoms with Gasteiger partial charge in [-0.1, -0.05) is 36.4 Å². The third kappa shape index (κ3) is 3.00. The molecule has 2 aliphatic rings. The number of hydrogen-bond acceptors (Lipinski definition) is 4. The van der Waals surface area contributed by atoms with Crippen LogP contribution in [0.4, 0.5) is 10.1 Å². The average Bonchev–Trinajstić information content (AvgIpc) is 3.27. The molecular weight excluding hydrogens is 471 g/mol. The van der Waals surface area contributed by atoms with Gasteiger partial charge in [-0.15, -0.1) is 6.58 Å². The van der Waals surface area contributed by atoms with Crippen LogP contribution in [-0.4, -0.2) is 23.3 Å². The first-order chi connectivity index (χ1) is 17.8. The van der Waals surface area contributed by atoms with E-state index in [1.807, 2.05) is 13.8 Å². The molecule has 1 aromatic heterocycles. The fourth-order valence-corrected chi connectivity index (χ4v) is 5.55. The van der Waals surface area contributed by atoms with Crippen molar-refractivity contribution in [3.63, 3.8) is 0 Å². The third-order valence-corrected chi connectivity index (χ3v) is 7.42. The van der Waals surface area contributed by atoms with Crippen LogP contribution in [0.5, 0.6) is 0 Å². The molecule has 7 heteroatoms. The van der Waals surface area contributed by atoms with Gasteiger partial charge in [0.1, 0.15) is 11.4 Å². The summed E-state index contributed by atoms with van der Waals surface area (Å²) in [5.41, 5.74) is 1.69. The second kappa shape index (κ2) is 8.00. The third-order valence-electron chi connectivity index (χ3n) is 7.42. The lowest BCUT2D eigenvalue weighted by molar-refractivity contribution is -0.126. The predicted octanol–water partition coefficient (Wildman–Crippen LogP) is 4.98. The predicted molar refractivity (Wildman–Crippen MR) is 138 cm³/mol. The van der Waals surface area contributed by atoms with Crippen LogP contribution < -0.4 is 10.3 Å². The van der Waals surface area contributed by atoms with Crippen molar-refractivity contribution < 1.29 is 18.4 Å². The molecule has 0 fully saturated rings. The molecule has 1 atom stereocenters. The van der Waals surface area contributed by atoms with Gasteiger partial charge in [-0.3, -0.25) is 14.4 Å². The van der Waals surface area contributed by atoms with Gasteiger partial charge in [-0.2, -0.15) is 0 Å². The maximum Gasteiger partial charge on any atom is 0.291 e. The van der Waals surface area contributed by atoms with Crippen LogP contribution in [0.3, 0.4) is 0 Å². The van der Waals surface area contributed by atoms with Crippen LogP contribution in [0.15, 0.2) is 82.5 Å². The van der Waals surface area contributed by atoms with Crippen LogP contribution in [0, 0.1) is 19.7 Å². The number of nitrogens with zero attached hydrogens (tertiary/aromatic N) is 2. The Labute approximate surface area is 212 Å². The monoisotopic (exact) mass is 494 g/mol. The van der Waals surface area contributed by atoms with Crippen molar-refractivity contribution in [1.29, 1.82) is 0 Å². The molecule has 37 heavy (non-hydrogen) atoms. The first-order valence-electron chi connectivity index (χ1n) is 12.0. The Bertz CT molecular complexity index is 1710. The van der Waals surface area contributed by atoms with Gasteiger partial charge in [-0.25, -0.2) is 4.39 Å². The standard InChI is InChI=1S/C30H23FN2O4/c1-4-13-32-23-8-6-5-7-22(23)30(29(32)36)25-26(34)21-14-17(2)18(3)15-24(21)37-27(25)28(35)33(30)16-19-9-11-20(31)12-10-19/h4-12,14-15H,1,13,16H2,2-3H3. The lowest BCUT2D eigenvalue weighted by Gasteiger charge is -2.34. The van der Waals surface area contributed by atoms with Crippen LogP contribution in [-0.2, 0) is 16.9 Å². The topological polar surface area (TPSA) is 70.8 Å². The van der Waals surface area contributed by atoms with E-state index in [2.05, 4.69) is 6.58 Å². The summed E-state index contributed by atoms with van der Waals surface area (Å²) in [4.78, 5) is 45.5. The molecule has 0 N–H and O–H groups in total. The summed E-state index contributed by atoms with van der Waals surface area (Å²) < 4.78 is 19.8. The second-order valence-corrected chi connectivity index (χ2v) is 9.52. The minimum Gasteiger partial charge on any atom is -0.450 e. The Morgan fingerprint density at radius 2 is 1.70 bits per heavy atom. The summed E-state index contributed by atoms with van der Waals surface area (Å²) in [5.74, 6) is -1.56. The quantitative estimate of drug-likeness (QED) is 0.375. The average molecular weight is 495 g/mol. The molecule has 184 valence electrons. The molecule has 0 radical (unpaired) electrons. The lowest BCUT2D eigenvalue weighted by atomic mass is 9.83. The zero-order chi connectivity index (χ0) is 26.1. The molecule has 1 spiro atoms. The first kappa shape index (κ1) is 22.9. The van der Waals surface area contributed by atoms with Gasteiger partial charge in [-0.05, 0) is 60.9 Å². The minimum atomic E-state index is -1.73. The van der Waals surface area contributed by atoms with Gasteiger partial charge in [0, 0.05) is 18.7 Å². The van der Waals surface area contributed by atoms with Crippen LogP contribution in [0.1, 0.15) is 38.4 Å². The maximum atomic E-state index is 14.4. The molecule has 1 unspecified atom stereocenters. The maximum absolute atomic E-state index is 14.4. The highest BCUT2D eigenvalue weighted by molar-refractivity contribution is 6.17. The zero-order valence-corrected chi connectivity index (χ0v) is 20.4. The number of benzene rings is 3. The molecule has 3 aromatic carbocycles. The van der Waals surface area contributed by atoms with E-state index >= 15 is 0 Å². The lowest BCUT2D eigenvalue weighted by Crippen LogP contribution is -2.53. The van der Waals surface area contributed by atoms with Crippen LogP contribution in [0.25, 0.3) is 11.0 Å². The van der Waals surface area contributed by atoms with E-state index < -0.39 is 28.6 Å². The Kier molecular flexibility index (Phi) is 4.95. The van der Waals surface area contributed by atoms with Gasteiger partial charge in [0.25, 0.3) is 11.8 Å². The minimum absolute atomic E-state index is 0.0133. The molecule has 6 rings (SSSR count). The van der Waals surface area contributed by atoms with E-state index in [-0.39, 0.29) is 24.4 Å². The summed E-state index contributed by atoms with van der Waals surface area (Å²) in [6.45, 7) is 7.75. The van der Waals surface area contributed by atoms with Crippen molar-refractivity contribution in [2.75, 3.05) is 11.4 Å². The number of anilines is 1. The molecule has 6 nitrogen and oxygen atoms in total. The van der Waals surface area contributed by atoms with E-state index in [0.29, 0.717) is 27.8 Å². The van der Waals surface area contributed by atoms with E-state index in [4.69, 9.17) is 4.42 Å². The summed E-state index contributed by atoms with van der Waals surface area (Å²) in [5, 5.41) is 0.310. The van der Waals surface area contributed by atoms with E-state index in [1.54, 1.807) is 54.6 Å². The smallest absolute Gasteiger partial charge is 0.291 e. The Morgan fingerprint density at radius 3 is 2.43 bits per heavy atom. The van der Waals surface area contributed by atoms with Crippen molar-refractivity contribution in [3.8, 4) is 0 Å². The highest BCUT2D eigenvalue weighted by Crippen LogP contribution is 2.53. The van der Waals surface area contributed by atoms with Crippen molar-refractivity contribution in [2.24, 2.45) is 0 Å². The van der Waals surface area contributed by atoms with Gasteiger partial charge < -0.3 is 14.2 Å². The number of carbonyl (C=O) groups is 2. The second-order valence-electron chi connectivity index (χ2n) is 9.52. The molecule has 2 amide bonds. The van der Waals surface area contributed by atoms with Crippen molar-refractivity contribution in [2.45, 2.75) is 25.9 Å². The van der Waals surface area contributed by atoms with Gasteiger partial charge in [0.05, 0.1) is 16.6 Å². The fourth-order valence-electron chi connectivity index (χ4n) is 5.55. The van der Waals surface area contributed by atoms with Crippen molar-refractivity contribution >= 4 is 28.5 Å². The largest absolute Gasteiger partial charge is 0.450 e. The van der Waals surface area contributed by atoms with E-state index in [0.717, 1.165) is 11.1 Å². The van der Waals surface area contributed by atoms with Gasteiger partial charge in [0.15, 0.2) is 11.0 Å². The normalized spacial score (nSPS) is 18.1. The summed E-state index contributed by atoms with van der Waals surface area (Å²) >= 11 is 0. The fraction of sp³-hybridized carbons (Fsp3) is 0.167. The summed E-state index contributed by atoms with van der Waals surface area (Å²) in [6.07, 6.45) is 1.60. The summed E-state index contributed by atoms with van der Waals surface area (Å²) in [6, 6.07) is 16.3. The van der Waals surface area contributed by atoms with Crippen molar-refractivity contribution in [3.05, 3.63) is 123 Å². The Hall–Kier alpha value is -4.52. The van der Waals surface area contributed by atoms with Crippen LogP contribution in [0.2, 0.25) is 0 Å². The first-order valence-corrected chi connectivity index (χ1v) is 12.0. The number of amides is 2. The molecule has 0 aliphatic carbocycles.